The van der Waals surface area contributed by atoms with Gasteiger partial charge in [-0.3, -0.25) is 0 Å². The fraction of sp³-hybridized carbons (Fsp3) is 0.373. The second-order valence-corrected chi connectivity index (χ2v) is 22.2. The maximum Gasteiger partial charge on any atom is 0.122 e. The number of hydrogen-bond donors (Lipinski definition) is 7. The van der Waals surface area contributed by atoms with Crippen LogP contribution >= 0.6 is 0 Å². The fourth-order valence-corrected chi connectivity index (χ4v) is 11.9. The molecule has 0 amide bonds. The average molecular weight is 997 g/mol. The van der Waals surface area contributed by atoms with E-state index in [1.807, 2.05) is 107 Å². The van der Waals surface area contributed by atoms with Gasteiger partial charge in [0.15, 0.2) is 0 Å². The summed E-state index contributed by atoms with van der Waals surface area (Å²) in [6.45, 7) is 23.2. The van der Waals surface area contributed by atoms with Crippen LogP contribution in [0.3, 0.4) is 0 Å². The van der Waals surface area contributed by atoms with Crippen LogP contribution in [0.4, 0.5) is 0 Å². The Morgan fingerprint density at radius 1 is 0.324 bits per heavy atom. The molecule has 0 aliphatic heterocycles. The lowest BCUT2D eigenvalue weighted by molar-refractivity contribution is 0.427. The van der Waals surface area contributed by atoms with E-state index in [9.17, 15) is 35.7 Å². The summed E-state index contributed by atoms with van der Waals surface area (Å²) in [5, 5.41) is 73.9. The van der Waals surface area contributed by atoms with Crippen molar-refractivity contribution in [2.75, 3.05) is 0 Å². The SMILES string of the molecule is Cc1cc(CCC(CCc2cc(C)c(O)c(C)c2)(c2cc(C)c(O)c(C)c2)c2cc(C)c(O)c(C)c2)cc(C)c1O.Cc1cc(Cc2cc(C3CCCCC3)cc(Cc3cc(C)c(O)c(C)c3)c2O)cc(C)c1O. The smallest absolute Gasteiger partial charge is 0.122 e. The summed E-state index contributed by atoms with van der Waals surface area (Å²) < 4.78 is 0. The van der Waals surface area contributed by atoms with Gasteiger partial charge in [-0.15, -0.1) is 0 Å². The van der Waals surface area contributed by atoms with E-state index in [1.54, 1.807) is 0 Å². The van der Waals surface area contributed by atoms with Crippen molar-refractivity contribution in [2.45, 2.75) is 165 Å². The number of phenolic OH excluding ortho intramolecular Hbond substituents is 7. The van der Waals surface area contributed by atoms with Crippen LogP contribution in [0.2, 0.25) is 0 Å². The van der Waals surface area contributed by atoms with Crippen LogP contribution in [0.1, 0.15) is 168 Å². The van der Waals surface area contributed by atoms with Gasteiger partial charge in [0, 0.05) is 18.3 Å². The molecule has 0 unspecified atom stereocenters. The van der Waals surface area contributed by atoms with Crippen LogP contribution in [0.5, 0.6) is 40.2 Å². The predicted octanol–water partition coefficient (Wildman–Crippen LogP) is 15.8. The Labute approximate surface area is 440 Å². The predicted molar refractivity (Wildman–Crippen MR) is 302 cm³/mol. The first-order valence-electron chi connectivity index (χ1n) is 26.6. The zero-order chi connectivity index (χ0) is 53.9. The van der Waals surface area contributed by atoms with Crippen molar-refractivity contribution in [3.63, 3.8) is 0 Å². The Hall–Kier alpha value is -6.86. The van der Waals surface area contributed by atoms with E-state index in [1.165, 1.54) is 37.7 Å². The van der Waals surface area contributed by atoms with Crippen molar-refractivity contribution < 1.29 is 35.7 Å². The van der Waals surface area contributed by atoms with Crippen molar-refractivity contribution in [2.24, 2.45) is 0 Å². The third-order valence-electron chi connectivity index (χ3n) is 16.1. The third kappa shape index (κ3) is 12.0. The normalized spacial score (nSPS) is 13.0. The van der Waals surface area contributed by atoms with E-state index in [0.29, 0.717) is 59.0 Å². The van der Waals surface area contributed by atoms with Gasteiger partial charge in [-0.05, 0) is 244 Å². The summed E-state index contributed by atoms with van der Waals surface area (Å²) >= 11 is 0. The van der Waals surface area contributed by atoms with E-state index in [4.69, 9.17) is 0 Å². The second kappa shape index (κ2) is 22.7. The first-order valence-corrected chi connectivity index (χ1v) is 26.6. The molecule has 390 valence electrons. The number of hydrogen-bond acceptors (Lipinski definition) is 7. The van der Waals surface area contributed by atoms with Crippen molar-refractivity contribution in [1.82, 2.24) is 0 Å². The minimum atomic E-state index is -0.439. The lowest BCUT2D eigenvalue weighted by Gasteiger charge is -2.37. The zero-order valence-electron chi connectivity index (χ0n) is 46.1. The van der Waals surface area contributed by atoms with Crippen molar-refractivity contribution in [1.29, 1.82) is 0 Å². The summed E-state index contributed by atoms with van der Waals surface area (Å²) in [6, 6.07) is 29.2. The molecule has 0 aromatic heterocycles. The monoisotopic (exact) mass is 997 g/mol. The Kier molecular flexibility index (Phi) is 16.9. The number of phenols is 7. The van der Waals surface area contributed by atoms with Gasteiger partial charge in [-0.1, -0.05) is 104 Å². The second-order valence-electron chi connectivity index (χ2n) is 22.2. The lowest BCUT2D eigenvalue weighted by Crippen LogP contribution is -2.30. The van der Waals surface area contributed by atoms with Gasteiger partial charge in [0.25, 0.3) is 0 Å². The largest absolute Gasteiger partial charge is 0.507 e. The molecule has 0 spiro atoms. The molecule has 1 saturated carbocycles. The number of rotatable bonds is 13. The number of aryl methyl sites for hydroxylation is 14. The summed E-state index contributed by atoms with van der Waals surface area (Å²) in [5.74, 6) is 2.91. The van der Waals surface area contributed by atoms with Gasteiger partial charge in [0.2, 0.25) is 0 Å². The molecule has 1 aliphatic carbocycles. The average Bonchev–Trinajstić information content (AvgIpc) is 3.35. The van der Waals surface area contributed by atoms with Gasteiger partial charge >= 0.3 is 0 Å². The molecular formula is C67H80O7. The van der Waals surface area contributed by atoms with Crippen LogP contribution in [-0.4, -0.2) is 35.7 Å². The van der Waals surface area contributed by atoms with Gasteiger partial charge in [-0.25, -0.2) is 0 Å². The summed E-state index contributed by atoms with van der Waals surface area (Å²) in [7, 11) is 0. The van der Waals surface area contributed by atoms with Crippen LogP contribution in [0, 0.1) is 83.1 Å². The van der Waals surface area contributed by atoms with Crippen LogP contribution in [-0.2, 0) is 31.1 Å². The van der Waals surface area contributed by atoms with Gasteiger partial charge in [0.1, 0.15) is 40.2 Å². The lowest BCUT2D eigenvalue weighted by atomic mass is 9.66. The zero-order valence-corrected chi connectivity index (χ0v) is 46.1. The molecular weight excluding hydrogens is 917 g/mol. The minimum absolute atomic E-state index is 0.315. The maximum atomic E-state index is 11.3. The molecule has 7 aromatic carbocycles. The first kappa shape index (κ1) is 54.9. The standard InChI is InChI=1S/C37H44O4.C30H36O3/c1-21-13-29(14-22(2)33(21)38)9-11-37(31-17-25(5)35(40)26(6)18-31,32-19-27(7)36(41)28(8)20-32)12-10-30-15-23(3)34(39)24(4)16-30;1-18-10-22(11-19(2)28(18)31)14-26-16-25(24-8-6-5-7-9-24)17-27(30(26)33)15-23-12-20(3)29(32)21(4)13-23/h13-20,38-41H,9-12H2,1-8H3;10-13,16-17,24,31-33H,5-9,14-15H2,1-4H3. The Balaban J connectivity index is 0.000000221. The van der Waals surface area contributed by atoms with Crippen LogP contribution < -0.4 is 0 Å². The molecule has 7 nitrogen and oxygen atoms in total. The van der Waals surface area contributed by atoms with E-state index < -0.39 is 5.41 Å². The number of aromatic hydroxyl groups is 7. The van der Waals surface area contributed by atoms with Crippen molar-refractivity contribution >= 4 is 0 Å². The molecule has 0 saturated heterocycles. The summed E-state index contributed by atoms with van der Waals surface area (Å²) in [5.41, 5.74) is 19.9. The molecule has 0 bridgehead atoms. The molecule has 8 rings (SSSR count). The van der Waals surface area contributed by atoms with Crippen LogP contribution in [0.25, 0.3) is 0 Å². The molecule has 7 aromatic rings. The van der Waals surface area contributed by atoms with Crippen molar-refractivity contribution in [3.8, 4) is 40.2 Å². The fourth-order valence-electron chi connectivity index (χ4n) is 11.9. The Bertz CT molecular complexity index is 2860. The Morgan fingerprint density at radius 2 is 0.581 bits per heavy atom. The van der Waals surface area contributed by atoms with Gasteiger partial charge < -0.3 is 35.7 Å². The maximum absolute atomic E-state index is 11.3. The summed E-state index contributed by atoms with van der Waals surface area (Å²) in [6.07, 6.45) is 10.7. The molecule has 0 heterocycles. The highest BCUT2D eigenvalue weighted by molar-refractivity contribution is 5.55. The van der Waals surface area contributed by atoms with Crippen molar-refractivity contribution in [3.05, 3.63) is 202 Å². The molecule has 7 N–H and O–H groups in total. The van der Waals surface area contributed by atoms with Crippen LogP contribution in [0.15, 0.2) is 84.9 Å². The number of benzene rings is 7. The molecule has 74 heavy (non-hydrogen) atoms. The van der Waals surface area contributed by atoms with E-state index in [2.05, 4.69) is 60.7 Å². The summed E-state index contributed by atoms with van der Waals surface area (Å²) in [4.78, 5) is 0. The highest BCUT2D eigenvalue weighted by Gasteiger charge is 2.36. The first-order chi connectivity index (χ1) is 35.0. The molecule has 1 aliphatic rings. The van der Waals surface area contributed by atoms with E-state index in [0.717, 1.165) is 137 Å². The molecule has 1 fully saturated rings. The molecule has 0 atom stereocenters. The van der Waals surface area contributed by atoms with Gasteiger partial charge in [-0.2, -0.15) is 0 Å². The third-order valence-corrected chi connectivity index (χ3v) is 16.1. The Morgan fingerprint density at radius 3 is 0.865 bits per heavy atom. The highest BCUT2D eigenvalue weighted by atomic mass is 16.3. The van der Waals surface area contributed by atoms with E-state index in [-0.39, 0.29) is 0 Å². The minimum Gasteiger partial charge on any atom is -0.507 e. The molecule has 0 radical (unpaired) electrons. The topological polar surface area (TPSA) is 142 Å². The van der Waals surface area contributed by atoms with E-state index >= 15 is 0 Å². The molecule has 7 heteroatoms. The quantitative estimate of drug-likeness (QED) is 0.0610. The highest BCUT2D eigenvalue weighted by Crippen LogP contribution is 2.46. The van der Waals surface area contributed by atoms with Gasteiger partial charge in [0.05, 0.1) is 0 Å².